The van der Waals surface area contributed by atoms with Gasteiger partial charge in [-0.15, -0.1) is 0 Å². The highest BCUT2D eigenvalue weighted by Gasteiger charge is 2.32. The molecule has 1 saturated carbocycles. The minimum atomic E-state index is -0.132. The van der Waals surface area contributed by atoms with Crippen LogP contribution in [0.3, 0.4) is 0 Å². The van der Waals surface area contributed by atoms with Crippen molar-refractivity contribution in [3.8, 4) is 0 Å². The molecule has 1 rings (SSSR count). The lowest BCUT2D eigenvalue weighted by Gasteiger charge is -2.26. The van der Waals surface area contributed by atoms with Crippen LogP contribution >= 0.6 is 0 Å². The lowest BCUT2D eigenvalue weighted by molar-refractivity contribution is -0.155. The monoisotopic (exact) mass is 522 g/mol. The van der Waals surface area contributed by atoms with Gasteiger partial charge in [-0.2, -0.15) is 0 Å². The molecule has 0 aliphatic heterocycles. The van der Waals surface area contributed by atoms with Crippen LogP contribution in [-0.4, -0.2) is 25.2 Å². The van der Waals surface area contributed by atoms with Gasteiger partial charge < -0.3 is 9.47 Å². The van der Waals surface area contributed by atoms with Crippen LogP contribution in [0.15, 0.2) is 0 Å². The molecule has 0 N–H and O–H groups in total. The number of esters is 2. The first-order valence-corrected chi connectivity index (χ1v) is 16.2. The molecule has 2 unspecified atom stereocenters. The molecule has 4 heteroatoms. The van der Waals surface area contributed by atoms with Crippen LogP contribution in [0.2, 0.25) is 0 Å². The maximum absolute atomic E-state index is 12.5. The SMILES string of the molecule is CC(C)CCCCCCCCCCOC(=O)C1CCCC(C(=O)OCCCCCCCCCC(C)C)C1. The average molecular weight is 523 g/mol. The molecular weight excluding hydrogens is 460 g/mol. The summed E-state index contributed by atoms with van der Waals surface area (Å²) in [6.07, 6.45) is 24.6. The van der Waals surface area contributed by atoms with E-state index < -0.39 is 0 Å². The van der Waals surface area contributed by atoms with E-state index in [1.54, 1.807) is 0 Å². The Hall–Kier alpha value is -1.06. The molecule has 1 aliphatic rings. The summed E-state index contributed by atoms with van der Waals surface area (Å²) in [4.78, 5) is 25.1. The Morgan fingerprint density at radius 1 is 0.541 bits per heavy atom. The second kappa shape index (κ2) is 22.9. The van der Waals surface area contributed by atoms with Crippen LogP contribution in [0.25, 0.3) is 0 Å². The molecule has 0 aromatic rings. The first-order chi connectivity index (χ1) is 17.9. The first-order valence-electron chi connectivity index (χ1n) is 16.2. The maximum Gasteiger partial charge on any atom is 0.308 e. The van der Waals surface area contributed by atoms with Gasteiger partial charge in [0.25, 0.3) is 0 Å². The lowest BCUT2D eigenvalue weighted by atomic mass is 9.81. The van der Waals surface area contributed by atoms with Gasteiger partial charge in [0.1, 0.15) is 0 Å². The molecule has 0 saturated heterocycles. The van der Waals surface area contributed by atoms with E-state index in [4.69, 9.17) is 9.47 Å². The van der Waals surface area contributed by atoms with E-state index in [1.807, 2.05) is 0 Å². The van der Waals surface area contributed by atoms with Gasteiger partial charge in [0.15, 0.2) is 0 Å². The molecule has 0 spiro atoms. The van der Waals surface area contributed by atoms with Crippen LogP contribution in [0, 0.1) is 23.7 Å². The first kappa shape index (κ1) is 34.0. The highest BCUT2D eigenvalue weighted by molar-refractivity contribution is 5.76. The van der Waals surface area contributed by atoms with Crippen molar-refractivity contribution in [2.75, 3.05) is 13.2 Å². The Balaban J connectivity index is 2.00. The van der Waals surface area contributed by atoms with Gasteiger partial charge in [-0.3, -0.25) is 9.59 Å². The van der Waals surface area contributed by atoms with Crippen LogP contribution in [0.4, 0.5) is 0 Å². The van der Waals surface area contributed by atoms with E-state index >= 15 is 0 Å². The Morgan fingerprint density at radius 2 is 0.865 bits per heavy atom. The van der Waals surface area contributed by atoms with Gasteiger partial charge >= 0.3 is 11.9 Å². The molecule has 0 bridgehead atoms. The minimum Gasteiger partial charge on any atom is -0.465 e. The summed E-state index contributed by atoms with van der Waals surface area (Å²) in [5.74, 6) is 1.18. The number of hydrogen-bond donors (Lipinski definition) is 0. The van der Waals surface area contributed by atoms with E-state index in [2.05, 4.69) is 27.7 Å². The third-order valence-corrected chi connectivity index (χ3v) is 7.93. The number of unbranched alkanes of at least 4 members (excludes halogenated alkanes) is 13. The largest absolute Gasteiger partial charge is 0.465 e. The Kier molecular flexibility index (Phi) is 21.0. The molecule has 2 atom stereocenters. The number of rotatable bonds is 23. The Labute approximate surface area is 230 Å². The molecule has 0 heterocycles. The average Bonchev–Trinajstić information content (AvgIpc) is 2.87. The van der Waals surface area contributed by atoms with Crippen molar-refractivity contribution in [3.63, 3.8) is 0 Å². The second-order valence-electron chi connectivity index (χ2n) is 12.6. The summed E-state index contributed by atoms with van der Waals surface area (Å²) < 4.78 is 11.1. The zero-order valence-electron chi connectivity index (χ0n) is 25.2. The predicted molar refractivity (Wildman–Crippen MR) is 156 cm³/mol. The van der Waals surface area contributed by atoms with Gasteiger partial charge in [-0.05, 0) is 43.9 Å². The van der Waals surface area contributed by atoms with Crippen LogP contribution in [0.5, 0.6) is 0 Å². The maximum atomic E-state index is 12.5. The van der Waals surface area contributed by atoms with E-state index in [0.717, 1.165) is 56.8 Å². The summed E-state index contributed by atoms with van der Waals surface area (Å²) in [5, 5.41) is 0. The normalized spacial score (nSPS) is 17.9. The smallest absolute Gasteiger partial charge is 0.308 e. The van der Waals surface area contributed by atoms with Gasteiger partial charge in [-0.25, -0.2) is 0 Å². The predicted octanol–water partition coefficient (Wildman–Crippen LogP) is 9.82. The highest BCUT2D eigenvalue weighted by atomic mass is 16.5. The molecule has 4 nitrogen and oxygen atoms in total. The number of carbonyl (C=O) groups is 2. The topological polar surface area (TPSA) is 52.6 Å². The summed E-state index contributed by atoms with van der Waals surface area (Å²) in [6, 6.07) is 0. The van der Waals surface area contributed by atoms with E-state index in [-0.39, 0.29) is 23.8 Å². The summed E-state index contributed by atoms with van der Waals surface area (Å²) in [6.45, 7) is 10.2. The second-order valence-corrected chi connectivity index (χ2v) is 12.6. The number of carbonyl (C=O) groups excluding carboxylic acids is 2. The summed E-state index contributed by atoms with van der Waals surface area (Å²) in [5.41, 5.74) is 0. The fourth-order valence-electron chi connectivity index (χ4n) is 5.45. The standard InChI is InChI=1S/C33H62O4/c1-28(2)21-16-12-8-5-6-10-14-18-25-36-32(34)30-23-20-24-31(27-30)33(35)37-26-19-15-11-7-9-13-17-22-29(3)4/h28-31H,5-27H2,1-4H3. The van der Waals surface area contributed by atoms with Crippen molar-refractivity contribution >= 4 is 11.9 Å². The zero-order valence-corrected chi connectivity index (χ0v) is 25.2. The fourth-order valence-corrected chi connectivity index (χ4v) is 5.45. The van der Waals surface area contributed by atoms with E-state index in [1.165, 1.54) is 83.5 Å². The summed E-state index contributed by atoms with van der Waals surface area (Å²) in [7, 11) is 0. The molecule has 37 heavy (non-hydrogen) atoms. The Morgan fingerprint density at radius 3 is 1.22 bits per heavy atom. The molecule has 218 valence electrons. The minimum absolute atomic E-state index is 0.101. The molecule has 0 amide bonds. The molecular formula is C33H62O4. The van der Waals surface area contributed by atoms with Crippen molar-refractivity contribution in [3.05, 3.63) is 0 Å². The van der Waals surface area contributed by atoms with Crippen molar-refractivity contribution in [1.29, 1.82) is 0 Å². The molecule has 1 aliphatic carbocycles. The Bertz CT molecular complexity index is 557. The van der Waals surface area contributed by atoms with Gasteiger partial charge in [0, 0.05) is 0 Å². The van der Waals surface area contributed by atoms with Gasteiger partial charge in [0.2, 0.25) is 0 Å². The third-order valence-electron chi connectivity index (χ3n) is 7.93. The fraction of sp³-hybridized carbons (Fsp3) is 0.939. The van der Waals surface area contributed by atoms with E-state index in [9.17, 15) is 9.59 Å². The zero-order chi connectivity index (χ0) is 27.1. The third kappa shape index (κ3) is 19.6. The molecule has 0 aromatic heterocycles. The van der Waals surface area contributed by atoms with Gasteiger partial charge in [0.05, 0.1) is 25.0 Å². The number of hydrogen-bond acceptors (Lipinski definition) is 4. The van der Waals surface area contributed by atoms with Crippen LogP contribution in [0.1, 0.15) is 163 Å². The molecule has 0 aromatic carbocycles. The molecule has 1 fully saturated rings. The van der Waals surface area contributed by atoms with Crippen LogP contribution < -0.4 is 0 Å². The van der Waals surface area contributed by atoms with Crippen molar-refractivity contribution in [2.24, 2.45) is 23.7 Å². The quantitative estimate of drug-likeness (QED) is 0.0989. The van der Waals surface area contributed by atoms with Gasteiger partial charge in [-0.1, -0.05) is 130 Å². The highest BCUT2D eigenvalue weighted by Crippen LogP contribution is 2.31. The lowest BCUT2D eigenvalue weighted by Crippen LogP contribution is -2.30. The number of ether oxygens (including phenoxy) is 2. The van der Waals surface area contributed by atoms with Crippen molar-refractivity contribution in [1.82, 2.24) is 0 Å². The van der Waals surface area contributed by atoms with Crippen molar-refractivity contribution in [2.45, 2.75) is 163 Å². The van der Waals surface area contributed by atoms with Crippen LogP contribution in [-0.2, 0) is 19.1 Å². The summed E-state index contributed by atoms with van der Waals surface area (Å²) >= 11 is 0. The molecule has 0 radical (unpaired) electrons. The van der Waals surface area contributed by atoms with E-state index in [0.29, 0.717) is 19.6 Å². The van der Waals surface area contributed by atoms with Crippen molar-refractivity contribution < 1.29 is 19.1 Å².